The Balaban J connectivity index is 2.50. The highest BCUT2D eigenvalue weighted by Crippen LogP contribution is 2.27. The maximum atomic E-state index is 12.4. The summed E-state index contributed by atoms with van der Waals surface area (Å²) in [5, 5.41) is 0. The number of hydrogen-bond acceptors (Lipinski definition) is 3. The first-order valence-electron chi connectivity index (χ1n) is 5.68. The molecule has 0 saturated heterocycles. The van der Waals surface area contributed by atoms with Gasteiger partial charge < -0.3 is 10.5 Å². The number of rotatable bonds is 3. The number of aryl methyl sites for hydroxylation is 1. The van der Waals surface area contributed by atoms with E-state index in [4.69, 9.17) is 10.5 Å². The number of hydrogen-bond donors (Lipinski definition) is 1. The van der Waals surface area contributed by atoms with Crippen LogP contribution in [0, 0.1) is 6.92 Å². The Morgan fingerprint density at radius 1 is 1.06 bits per heavy atom. The van der Waals surface area contributed by atoms with Crippen LogP contribution in [0.2, 0.25) is 0 Å². The predicted octanol–water partition coefficient (Wildman–Crippen LogP) is 2.82. The zero-order chi connectivity index (χ0) is 13.1. The van der Waals surface area contributed by atoms with Gasteiger partial charge in [0.2, 0.25) is 0 Å². The fourth-order valence-electron chi connectivity index (χ4n) is 1.89. The number of ketones is 1. The number of methoxy groups -OCH3 is 1. The lowest BCUT2D eigenvalue weighted by molar-refractivity contribution is 0.103. The Morgan fingerprint density at radius 2 is 1.72 bits per heavy atom. The third kappa shape index (κ3) is 2.07. The van der Waals surface area contributed by atoms with Crippen molar-refractivity contribution in [2.75, 3.05) is 12.8 Å². The van der Waals surface area contributed by atoms with Crippen LogP contribution < -0.4 is 10.5 Å². The summed E-state index contributed by atoms with van der Waals surface area (Å²) in [6.07, 6.45) is 0. The molecule has 2 aromatic carbocycles. The highest BCUT2D eigenvalue weighted by Gasteiger charge is 2.16. The van der Waals surface area contributed by atoms with Crippen LogP contribution in [0.5, 0.6) is 5.75 Å². The lowest BCUT2D eigenvalue weighted by Crippen LogP contribution is -2.08. The normalized spacial score (nSPS) is 10.1. The molecular formula is C15H15NO2. The van der Waals surface area contributed by atoms with E-state index in [0.717, 1.165) is 5.56 Å². The number of para-hydroxylation sites is 1. The zero-order valence-electron chi connectivity index (χ0n) is 10.4. The third-order valence-electron chi connectivity index (χ3n) is 2.92. The maximum absolute atomic E-state index is 12.4. The van der Waals surface area contributed by atoms with Crippen LogP contribution >= 0.6 is 0 Å². The van der Waals surface area contributed by atoms with E-state index < -0.39 is 0 Å². The van der Waals surface area contributed by atoms with Crippen molar-refractivity contribution in [2.24, 2.45) is 0 Å². The second-order valence-corrected chi connectivity index (χ2v) is 4.07. The minimum Gasteiger partial charge on any atom is -0.495 e. The molecule has 0 aliphatic carbocycles. The second kappa shape index (κ2) is 4.92. The van der Waals surface area contributed by atoms with Crippen molar-refractivity contribution < 1.29 is 9.53 Å². The molecule has 0 aliphatic rings. The SMILES string of the molecule is COc1cccc(C(=O)c2ccccc2C)c1N. The van der Waals surface area contributed by atoms with Gasteiger partial charge in [0, 0.05) is 11.1 Å². The molecule has 0 heterocycles. The quantitative estimate of drug-likeness (QED) is 0.664. The first kappa shape index (κ1) is 12.2. The maximum Gasteiger partial charge on any atom is 0.195 e. The van der Waals surface area contributed by atoms with E-state index in [1.165, 1.54) is 7.11 Å². The summed E-state index contributed by atoms with van der Waals surface area (Å²) in [6, 6.07) is 12.7. The van der Waals surface area contributed by atoms with Crippen LogP contribution in [0.25, 0.3) is 0 Å². The summed E-state index contributed by atoms with van der Waals surface area (Å²) in [5.74, 6) is 0.443. The van der Waals surface area contributed by atoms with Gasteiger partial charge in [-0.1, -0.05) is 30.3 Å². The molecule has 0 atom stereocenters. The van der Waals surface area contributed by atoms with Crippen molar-refractivity contribution in [3.63, 3.8) is 0 Å². The summed E-state index contributed by atoms with van der Waals surface area (Å²) in [5.41, 5.74) is 8.39. The largest absolute Gasteiger partial charge is 0.495 e. The number of nitrogen functional groups attached to an aromatic ring is 1. The van der Waals surface area contributed by atoms with E-state index in [-0.39, 0.29) is 5.78 Å². The molecular weight excluding hydrogens is 226 g/mol. The highest BCUT2D eigenvalue weighted by atomic mass is 16.5. The van der Waals surface area contributed by atoms with Crippen LogP contribution in [0.4, 0.5) is 5.69 Å². The van der Waals surface area contributed by atoms with Crippen LogP contribution in [-0.4, -0.2) is 12.9 Å². The Hall–Kier alpha value is -2.29. The number of ether oxygens (including phenoxy) is 1. The lowest BCUT2D eigenvalue weighted by atomic mass is 9.98. The van der Waals surface area contributed by atoms with E-state index in [1.54, 1.807) is 24.3 Å². The van der Waals surface area contributed by atoms with E-state index in [0.29, 0.717) is 22.6 Å². The van der Waals surface area contributed by atoms with Crippen LogP contribution in [0.1, 0.15) is 21.5 Å². The lowest BCUT2D eigenvalue weighted by Gasteiger charge is -2.10. The topological polar surface area (TPSA) is 52.3 Å². The van der Waals surface area contributed by atoms with Crippen molar-refractivity contribution in [1.29, 1.82) is 0 Å². The molecule has 0 aromatic heterocycles. The van der Waals surface area contributed by atoms with E-state index >= 15 is 0 Å². The Morgan fingerprint density at radius 3 is 2.39 bits per heavy atom. The van der Waals surface area contributed by atoms with Gasteiger partial charge in [0.15, 0.2) is 5.78 Å². The Bertz CT molecular complexity index is 591. The Labute approximate surface area is 106 Å². The molecule has 0 saturated carbocycles. The molecule has 0 amide bonds. The van der Waals surface area contributed by atoms with Gasteiger partial charge in [0.25, 0.3) is 0 Å². The number of carbonyl (C=O) groups excluding carboxylic acids is 1. The smallest absolute Gasteiger partial charge is 0.195 e. The number of nitrogens with two attached hydrogens (primary N) is 1. The first-order valence-corrected chi connectivity index (χ1v) is 5.68. The van der Waals surface area contributed by atoms with Gasteiger partial charge >= 0.3 is 0 Å². The first-order chi connectivity index (χ1) is 8.65. The molecule has 0 aliphatic heterocycles. The molecule has 2 N–H and O–H groups in total. The van der Waals surface area contributed by atoms with E-state index in [1.807, 2.05) is 25.1 Å². The molecule has 3 nitrogen and oxygen atoms in total. The molecule has 0 bridgehead atoms. The number of carbonyl (C=O) groups is 1. The summed E-state index contributed by atoms with van der Waals surface area (Å²) >= 11 is 0. The van der Waals surface area contributed by atoms with Gasteiger partial charge in [-0.05, 0) is 24.6 Å². The summed E-state index contributed by atoms with van der Waals surface area (Å²) < 4.78 is 5.12. The van der Waals surface area contributed by atoms with Crippen LogP contribution in [0.15, 0.2) is 42.5 Å². The van der Waals surface area contributed by atoms with Gasteiger partial charge in [-0.2, -0.15) is 0 Å². The molecule has 3 heteroatoms. The minimum absolute atomic E-state index is 0.0792. The van der Waals surface area contributed by atoms with Crippen LogP contribution in [-0.2, 0) is 0 Å². The third-order valence-corrected chi connectivity index (χ3v) is 2.92. The fraction of sp³-hybridized carbons (Fsp3) is 0.133. The summed E-state index contributed by atoms with van der Waals surface area (Å²) in [7, 11) is 1.54. The van der Waals surface area contributed by atoms with Gasteiger partial charge in [-0.25, -0.2) is 0 Å². The zero-order valence-corrected chi connectivity index (χ0v) is 10.4. The molecule has 0 radical (unpaired) electrons. The van der Waals surface area contributed by atoms with E-state index in [9.17, 15) is 4.79 Å². The van der Waals surface area contributed by atoms with Gasteiger partial charge in [-0.3, -0.25) is 4.79 Å². The number of anilines is 1. The minimum atomic E-state index is -0.0792. The molecule has 92 valence electrons. The number of benzene rings is 2. The molecule has 0 unspecified atom stereocenters. The average molecular weight is 241 g/mol. The summed E-state index contributed by atoms with van der Waals surface area (Å²) in [4.78, 5) is 12.4. The summed E-state index contributed by atoms with van der Waals surface area (Å²) in [6.45, 7) is 1.91. The molecule has 0 spiro atoms. The van der Waals surface area contributed by atoms with Crippen LogP contribution in [0.3, 0.4) is 0 Å². The van der Waals surface area contributed by atoms with Crippen molar-refractivity contribution in [2.45, 2.75) is 6.92 Å². The molecule has 0 fully saturated rings. The van der Waals surface area contributed by atoms with Crippen molar-refractivity contribution in [1.82, 2.24) is 0 Å². The van der Waals surface area contributed by atoms with Gasteiger partial charge in [0.1, 0.15) is 5.75 Å². The monoisotopic (exact) mass is 241 g/mol. The highest BCUT2D eigenvalue weighted by molar-refractivity contribution is 6.13. The van der Waals surface area contributed by atoms with E-state index in [2.05, 4.69) is 0 Å². The van der Waals surface area contributed by atoms with Crippen molar-refractivity contribution in [3.05, 3.63) is 59.2 Å². The Kier molecular flexibility index (Phi) is 3.33. The average Bonchev–Trinajstić information content (AvgIpc) is 2.39. The fourth-order valence-corrected chi connectivity index (χ4v) is 1.89. The second-order valence-electron chi connectivity index (χ2n) is 4.07. The standard InChI is InChI=1S/C15H15NO2/c1-10-6-3-4-7-11(10)15(17)12-8-5-9-13(18-2)14(12)16/h3-9H,16H2,1-2H3. The van der Waals surface area contributed by atoms with Crippen molar-refractivity contribution in [3.8, 4) is 5.75 Å². The van der Waals surface area contributed by atoms with Crippen molar-refractivity contribution >= 4 is 11.5 Å². The molecule has 2 rings (SSSR count). The molecule has 18 heavy (non-hydrogen) atoms. The predicted molar refractivity (Wildman–Crippen MR) is 72.0 cm³/mol. The van der Waals surface area contributed by atoms with Gasteiger partial charge in [0.05, 0.1) is 12.8 Å². The molecule has 2 aromatic rings. The van der Waals surface area contributed by atoms with Gasteiger partial charge in [-0.15, -0.1) is 0 Å².